The number of anilines is 1. The summed E-state index contributed by atoms with van der Waals surface area (Å²) in [5.41, 5.74) is 1.50. The average molecular weight is 418 g/mol. The summed E-state index contributed by atoms with van der Waals surface area (Å²) in [4.78, 5) is 9.45. The molecule has 0 bridgehead atoms. The molecule has 1 saturated heterocycles. The van der Waals surface area contributed by atoms with E-state index in [9.17, 15) is 8.42 Å². The Kier molecular flexibility index (Phi) is 5.35. The van der Waals surface area contributed by atoms with Crippen LogP contribution >= 0.6 is 11.3 Å². The van der Waals surface area contributed by atoms with Gasteiger partial charge >= 0.3 is 0 Å². The van der Waals surface area contributed by atoms with Crippen LogP contribution in [-0.2, 0) is 14.6 Å². The van der Waals surface area contributed by atoms with Gasteiger partial charge in [-0.25, -0.2) is 18.4 Å². The largest absolute Gasteiger partial charge is 0.381 e. The second-order valence-corrected chi connectivity index (χ2v) is 10.4. The first-order valence-electron chi connectivity index (χ1n) is 9.23. The van der Waals surface area contributed by atoms with E-state index in [4.69, 9.17) is 9.72 Å². The third-order valence-electron chi connectivity index (χ3n) is 5.14. The number of nitrogens with zero attached hydrogens (tertiary/aromatic N) is 2. The van der Waals surface area contributed by atoms with E-state index in [0.29, 0.717) is 38.4 Å². The van der Waals surface area contributed by atoms with Crippen LogP contribution in [0.15, 0.2) is 41.1 Å². The van der Waals surface area contributed by atoms with Gasteiger partial charge in [0, 0.05) is 47.8 Å². The Hall–Kier alpha value is -2.03. The standard InChI is InChI=1S/C20H23N3O3S2/c1-28(24,25)14-20(7-9-26-10-8-20)13-21-19-16-4-2-3-5-17(16)22-18(23-19)15-6-11-27-12-15/h2-6,11-12H,7-10,13-14H2,1H3,(H,21,22,23). The summed E-state index contributed by atoms with van der Waals surface area (Å²) >= 11 is 1.61. The Morgan fingerprint density at radius 1 is 1.18 bits per heavy atom. The van der Waals surface area contributed by atoms with Crippen molar-refractivity contribution in [1.29, 1.82) is 0 Å². The monoisotopic (exact) mass is 417 g/mol. The van der Waals surface area contributed by atoms with Gasteiger partial charge in [0.25, 0.3) is 0 Å². The van der Waals surface area contributed by atoms with Gasteiger partial charge in [0.05, 0.1) is 11.3 Å². The molecule has 1 aliphatic heterocycles. The van der Waals surface area contributed by atoms with Gasteiger partial charge in [-0.05, 0) is 36.4 Å². The Morgan fingerprint density at radius 3 is 2.68 bits per heavy atom. The molecular formula is C20H23N3O3S2. The van der Waals surface area contributed by atoms with E-state index in [2.05, 4.69) is 10.3 Å². The smallest absolute Gasteiger partial charge is 0.162 e. The molecule has 1 fully saturated rings. The Balaban J connectivity index is 1.68. The maximum absolute atomic E-state index is 12.0. The lowest BCUT2D eigenvalue weighted by Gasteiger charge is -2.36. The zero-order valence-electron chi connectivity index (χ0n) is 15.7. The minimum Gasteiger partial charge on any atom is -0.381 e. The maximum Gasteiger partial charge on any atom is 0.162 e. The van der Waals surface area contributed by atoms with E-state index in [1.807, 2.05) is 41.1 Å². The zero-order chi connectivity index (χ0) is 19.6. The quantitative estimate of drug-likeness (QED) is 0.660. The number of aromatic nitrogens is 2. The van der Waals surface area contributed by atoms with Gasteiger partial charge in [0.1, 0.15) is 15.7 Å². The topological polar surface area (TPSA) is 81.2 Å². The van der Waals surface area contributed by atoms with Crippen molar-refractivity contribution >= 4 is 37.9 Å². The minimum absolute atomic E-state index is 0.150. The van der Waals surface area contributed by atoms with E-state index in [-0.39, 0.29) is 11.2 Å². The van der Waals surface area contributed by atoms with Gasteiger partial charge in [-0.1, -0.05) is 12.1 Å². The van der Waals surface area contributed by atoms with Gasteiger partial charge in [-0.2, -0.15) is 11.3 Å². The molecule has 0 amide bonds. The van der Waals surface area contributed by atoms with E-state index in [1.165, 1.54) is 6.26 Å². The minimum atomic E-state index is -3.10. The van der Waals surface area contributed by atoms with Crippen LogP contribution in [0, 0.1) is 5.41 Å². The molecule has 1 N–H and O–H groups in total. The number of hydrogen-bond donors (Lipinski definition) is 1. The predicted molar refractivity (Wildman–Crippen MR) is 114 cm³/mol. The number of ether oxygens (including phenoxy) is 1. The molecule has 2 aromatic heterocycles. The highest BCUT2D eigenvalue weighted by Crippen LogP contribution is 2.34. The van der Waals surface area contributed by atoms with Crippen molar-refractivity contribution < 1.29 is 13.2 Å². The number of benzene rings is 1. The third kappa shape index (κ3) is 4.34. The lowest BCUT2D eigenvalue weighted by Crippen LogP contribution is -2.41. The fraction of sp³-hybridized carbons (Fsp3) is 0.400. The van der Waals surface area contributed by atoms with Crippen LogP contribution in [0.3, 0.4) is 0 Å². The molecule has 0 aliphatic carbocycles. The molecule has 0 atom stereocenters. The molecule has 0 unspecified atom stereocenters. The van der Waals surface area contributed by atoms with Crippen LogP contribution in [0.5, 0.6) is 0 Å². The SMILES string of the molecule is CS(=O)(=O)CC1(CNc2nc(-c3ccsc3)nc3ccccc23)CCOCC1. The van der Waals surface area contributed by atoms with Crippen molar-refractivity contribution in [2.24, 2.45) is 5.41 Å². The second kappa shape index (κ2) is 7.77. The fourth-order valence-corrected chi connectivity index (χ4v) is 5.87. The molecule has 28 heavy (non-hydrogen) atoms. The van der Waals surface area contributed by atoms with Crippen LogP contribution in [0.1, 0.15) is 12.8 Å². The molecule has 1 aliphatic rings. The molecular weight excluding hydrogens is 394 g/mol. The number of para-hydroxylation sites is 1. The maximum atomic E-state index is 12.0. The molecule has 0 saturated carbocycles. The lowest BCUT2D eigenvalue weighted by molar-refractivity contribution is 0.0315. The number of rotatable bonds is 6. The van der Waals surface area contributed by atoms with E-state index in [0.717, 1.165) is 22.3 Å². The fourth-order valence-electron chi connectivity index (χ4n) is 3.74. The van der Waals surface area contributed by atoms with Crippen molar-refractivity contribution in [2.75, 3.05) is 37.1 Å². The number of hydrogen-bond acceptors (Lipinski definition) is 7. The van der Waals surface area contributed by atoms with E-state index >= 15 is 0 Å². The summed E-state index contributed by atoms with van der Waals surface area (Å²) < 4.78 is 29.6. The molecule has 3 heterocycles. The zero-order valence-corrected chi connectivity index (χ0v) is 17.4. The van der Waals surface area contributed by atoms with E-state index in [1.54, 1.807) is 11.3 Å². The van der Waals surface area contributed by atoms with Crippen LogP contribution < -0.4 is 5.32 Å². The Bertz CT molecular complexity index is 1060. The van der Waals surface area contributed by atoms with Crippen LogP contribution in [0.25, 0.3) is 22.3 Å². The molecule has 4 rings (SSSR count). The molecule has 8 heteroatoms. The Labute approximate surface area is 168 Å². The van der Waals surface area contributed by atoms with Crippen LogP contribution in [0.4, 0.5) is 5.82 Å². The highest BCUT2D eigenvalue weighted by atomic mass is 32.2. The van der Waals surface area contributed by atoms with Gasteiger partial charge in [0.2, 0.25) is 0 Å². The van der Waals surface area contributed by atoms with Gasteiger partial charge in [-0.3, -0.25) is 0 Å². The summed E-state index contributed by atoms with van der Waals surface area (Å²) in [5, 5.41) is 8.42. The lowest BCUT2D eigenvalue weighted by atomic mass is 9.82. The van der Waals surface area contributed by atoms with Gasteiger partial charge in [0.15, 0.2) is 5.82 Å². The van der Waals surface area contributed by atoms with E-state index < -0.39 is 9.84 Å². The highest BCUT2D eigenvalue weighted by Gasteiger charge is 2.36. The van der Waals surface area contributed by atoms with Crippen molar-refractivity contribution in [2.45, 2.75) is 12.8 Å². The number of sulfone groups is 1. The molecule has 148 valence electrons. The number of fused-ring (bicyclic) bond motifs is 1. The summed E-state index contributed by atoms with van der Waals surface area (Å²) in [6.07, 6.45) is 2.74. The van der Waals surface area contributed by atoms with Crippen LogP contribution in [0.2, 0.25) is 0 Å². The van der Waals surface area contributed by atoms with Crippen molar-refractivity contribution in [3.8, 4) is 11.4 Å². The summed E-state index contributed by atoms with van der Waals surface area (Å²) in [7, 11) is -3.10. The summed E-state index contributed by atoms with van der Waals surface area (Å²) in [6.45, 7) is 1.71. The molecule has 0 spiro atoms. The molecule has 6 nitrogen and oxygen atoms in total. The first kappa shape index (κ1) is 19.3. The molecule has 0 radical (unpaired) electrons. The highest BCUT2D eigenvalue weighted by molar-refractivity contribution is 7.90. The predicted octanol–water partition coefficient (Wildman–Crippen LogP) is 3.61. The first-order chi connectivity index (χ1) is 13.4. The summed E-state index contributed by atoms with van der Waals surface area (Å²) in [6, 6.07) is 9.88. The Morgan fingerprint density at radius 2 is 1.96 bits per heavy atom. The van der Waals surface area contributed by atoms with Crippen molar-refractivity contribution in [3.63, 3.8) is 0 Å². The molecule has 1 aromatic carbocycles. The van der Waals surface area contributed by atoms with Crippen molar-refractivity contribution in [3.05, 3.63) is 41.1 Å². The van der Waals surface area contributed by atoms with Crippen molar-refractivity contribution in [1.82, 2.24) is 9.97 Å². The third-order valence-corrected chi connectivity index (χ3v) is 6.96. The molecule has 3 aromatic rings. The van der Waals surface area contributed by atoms with Gasteiger partial charge < -0.3 is 10.1 Å². The first-order valence-corrected chi connectivity index (χ1v) is 12.2. The number of nitrogens with one attached hydrogen (secondary N) is 1. The summed E-state index contributed by atoms with van der Waals surface area (Å²) in [5.74, 6) is 1.56. The second-order valence-electron chi connectivity index (χ2n) is 7.46. The normalized spacial score (nSPS) is 16.9. The number of thiophene rings is 1. The average Bonchev–Trinajstić information content (AvgIpc) is 3.20. The van der Waals surface area contributed by atoms with Crippen LogP contribution in [-0.4, -0.2) is 50.2 Å². The van der Waals surface area contributed by atoms with Gasteiger partial charge in [-0.15, -0.1) is 0 Å².